The zero-order valence-corrected chi connectivity index (χ0v) is 7.63. The second kappa shape index (κ2) is 3.04. The first-order valence-corrected chi connectivity index (χ1v) is 4.15. The molecule has 1 aromatic rings. The first-order chi connectivity index (χ1) is 6.76. The normalized spacial score (nSPS) is 13.0. The molecule has 0 saturated heterocycles. The molecule has 2 rings (SSSR count). The number of methoxy groups -OCH3 is 1. The molecule has 4 heteroatoms. The van der Waals surface area contributed by atoms with Gasteiger partial charge in [-0.3, -0.25) is 4.79 Å². The van der Waals surface area contributed by atoms with Gasteiger partial charge in [-0.05, 0) is 12.1 Å². The lowest BCUT2D eigenvalue weighted by Crippen LogP contribution is -2.12. The van der Waals surface area contributed by atoms with Crippen molar-refractivity contribution in [1.29, 1.82) is 5.26 Å². The summed E-state index contributed by atoms with van der Waals surface area (Å²) in [6, 6.07) is 5.34. The van der Waals surface area contributed by atoms with Gasteiger partial charge in [0.2, 0.25) is 0 Å². The van der Waals surface area contributed by atoms with E-state index in [1.165, 1.54) is 7.11 Å². The Balaban J connectivity index is 2.65. The number of carbonyl (C=O) groups excluding carboxylic acids is 1. The van der Waals surface area contributed by atoms with E-state index in [4.69, 9.17) is 10.00 Å². The highest BCUT2D eigenvalue weighted by molar-refractivity contribution is 5.99. The van der Waals surface area contributed by atoms with Crippen molar-refractivity contribution in [3.63, 3.8) is 0 Å². The Bertz CT molecular complexity index is 446. The molecule has 14 heavy (non-hydrogen) atoms. The highest BCUT2D eigenvalue weighted by Crippen LogP contribution is 2.25. The fourth-order valence-electron chi connectivity index (χ4n) is 1.52. The third-order valence-electron chi connectivity index (χ3n) is 2.25. The van der Waals surface area contributed by atoms with Crippen LogP contribution in [0.15, 0.2) is 12.1 Å². The fraction of sp³-hybridized carbons (Fsp3) is 0.200. The van der Waals surface area contributed by atoms with E-state index in [0.29, 0.717) is 23.4 Å². The SMILES string of the molecule is COc1cc(C#N)c2c(c1)C(=O)NC2. The lowest BCUT2D eigenvalue weighted by molar-refractivity contribution is 0.0965. The van der Waals surface area contributed by atoms with Gasteiger partial charge in [-0.15, -0.1) is 0 Å². The Hall–Kier alpha value is -2.02. The van der Waals surface area contributed by atoms with Crippen LogP contribution in [-0.4, -0.2) is 13.0 Å². The van der Waals surface area contributed by atoms with Gasteiger partial charge in [0.1, 0.15) is 5.75 Å². The van der Waals surface area contributed by atoms with Crippen LogP contribution in [0, 0.1) is 11.3 Å². The minimum Gasteiger partial charge on any atom is -0.497 e. The van der Waals surface area contributed by atoms with Gasteiger partial charge in [-0.1, -0.05) is 0 Å². The van der Waals surface area contributed by atoms with Crippen LogP contribution in [-0.2, 0) is 6.54 Å². The average molecular weight is 188 g/mol. The number of rotatable bonds is 1. The van der Waals surface area contributed by atoms with Crippen LogP contribution >= 0.6 is 0 Å². The van der Waals surface area contributed by atoms with E-state index in [2.05, 4.69) is 11.4 Å². The Labute approximate surface area is 81.1 Å². The highest BCUT2D eigenvalue weighted by atomic mass is 16.5. The number of amides is 1. The summed E-state index contributed by atoms with van der Waals surface area (Å²) in [5.41, 5.74) is 1.80. The number of nitriles is 1. The maximum absolute atomic E-state index is 11.3. The molecule has 1 aromatic carbocycles. The minimum atomic E-state index is -0.143. The van der Waals surface area contributed by atoms with Crippen LogP contribution in [0.3, 0.4) is 0 Å². The first kappa shape index (κ1) is 8.57. The Kier molecular flexibility index (Phi) is 1.86. The van der Waals surface area contributed by atoms with Gasteiger partial charge in [0.25, 0.3) is 5.91 Å². The molecule has 0 saturated carbocycles. The molecule has 0 aromatic heterocycles. The molecular weight excluding hydrogens is 180 g/mol. The van der Waals surface area contributed by atoms with Crippen molar-refractivity contribution < 1.29 is 9.53 Å². The number of nitrogens with zero attached hydrogens (tertiary/aromatic N) is 1. The predicted molar refractivity (Wildman–Crippen MR) is 48.9 cm³/mol. The summed E-state index contributed by atoms with van der Waals surface area (Å²) in [4.78, 5) is 11.3. The molecule has 1 N–H and O–H groups in total. The third-order valence-corrected chi connectivity index (χ3v) is 2.25. The Morgan fingerprint density at radius 3 is 3.00 bits per heavy atom. The fourth-order valence-corrected chi connectivity index (χ4v) is 1.52. The van der Waals surface area contributed by atoms with Crippen molar-refractivity contribution in [2.75, 3.05) is 7.11 Å². The van der Waals surface area contributed by atoms with Gasteiger partial charge in [-0.25, -0.2) is 0 Å². The average Bonchev–Trinajstić information content (AvgIpc) is 2.59. The van der Waals surface area contributed by atoms with Crippen LogP contribution in [0.4, 0.5) is 0 Å². The summed E-state index contributed by atoms with van der Waals surface area (Å²) in [7, 11) is 1.51. The molecule has 4 nitrogen and oxygen atoms in total. The van der Waals surface area contributed by atoms with Crippen LogP contribution in [0.1, 0.15) is 21.5 Å². The smallest absolute Gasteiger partial charge is 0.252 e. The van der Waals surface area contributed by atoms with Gasteiger partial charge >= 0.3 is 0 Å². The topological polar surface area (TPSA) is 62.1 Å². The van der Waals surface area contributed by atoms with E-state index in [0.717, 1.165) is 5.56 Å². The molecule has 0 fully saturated rings. The molecule has 70 valence electrons. The number of nitrogens with one attached hydrogen (secondary N) is 1. The van der Waals surface area contributed by atoms with Crippen LogP contribution in [0.5, 0.6) is 5.75 Å². The van der Waals surface area contributed by atoms with Crippen molar-refractivity contribution >= 4 is 5.91 Å². The van der Waals surface area contributed by atoms with Gasteiger partial charge in [0.05, 0.1) is 18.7 Å². The van der Waals surface area contributed by atoms with Crippen LogP contribution < -0.4 is 10.1 Å². The summed E-state index contributed by atoms with van der Waals surface area (Å²) in [5, 5.41) is 11.5. The molecule has 1 amide bonds. The molecule has 0 radical (unpaired) electrons. The van der Waals surface area contributed by atoms with Crippen LogP contribution in [0.25, 0.3) is 0 Å². The quantitative estimate of drug-likeness (QED) is 0.709. The molecule has 0 bridgehead atoms. The predicted octanol–water partition coefficient (Wildman–Crippen LogP) is 0.810. The number of benzene rings is 1. The molecular formula is C10H8N2O2. The number of hydrogen-bond donors (Lipinski definition) is 1. The summed E-state index contributed by atoms with van der Waals surface area (Å²) >= 11 is 0. The maximum Gasteiger partial charge on any atom is 0.252 e. The van der Waals surface area contributed by atoms with Crippen molar-refractivity contribution in [1.82, 2.24) is 5.32 Å². The molecule has 1 aliphatic rings. The van der Waals surface area contributed by atoms with E-state index < -0.39 is 0 Å². The molecule has 0 spiro atoms. The Morgan fingerprint density at radius 2 is 2.36 bits per heavy atom. The largest absolute Gasteiger partial charge is 0.497 e. The monoisotopic (exact) mass is 188 g/mol. The van der Waals surface area contributed by atoms with E-state index >= 15 is 0 Å². The zero-order valence-electron chi connectivity index (χ0n) is 7.63. The van der Waals surface area contributed by atoms with Crippen molar-refractivity contribution in [3.05, 3.63) is 28.8 Å². The molecule has 1 heterocycles. The molecule has 0 aliphatic carbocycles. The van der Waals surface area contributed by atoms with Crippen molar-refractivity contribution in [2.45, 2.75) is 6.54 Å². The van der Waals surface area contributed by atoms with Gasteiger partial charge < -0.3 is 10.1 Å². The summed E-state index contributed by atoms with van der Waals surface area (Å²) in [6.45, 7) is 0.432. The molecule has 0 unspecified atom stereocenters. The summed E-state index contributed by atoms with van der Waals surface area (Å²) in [6.07, 6.45) is 0. The zero-order chi connectivity index (χ0) is 10.1. The van der Waals surface area contributed by atoms with Gasteiger partial charge in [-0.2, -0.15) is 5.26 Å². The number of fused-ring (bicyclic) bond motifs is 1. The van der Waals surface area contributed by atoms with E-state index in [1.54, 1.807) is 12.1 Å². The lowest BCUT2D eigenvalue weighted by atomic mass is 10.0. The first-order valence-electron chi connectivity index (χ1n) is 4.15. The molecule has 0 atom stereocenters. The minimum absolute atomic E-state index is 0.143. The number of carbonyl (C=O) groups is 1. The van der Waals surface area contributed by atoms with Gasteiger partial charge in [0, 0.05) is 17.7 Å². The van der Waals surface area contributed by atoms with E-state index in [-0.39, 0.29) is 5.91 Å². The maximum atomic E-state index is 11.3. The standard InChI is InChI=1S/C10H8N2O2/c1-14-7-2-6(4-11)9-5-12-10(13)8(9)3-7/h2-3H,5H2,1H3,(H,12,13). The summed E-state index contributed by atoms with van der Waals surface area (Å²) in [5.74, 6) is 0.396. The number of hydrogen-bond acceptors (Lipinski definition) is 3. The van der Waals surface area contributed by atoms with Gasteiger partial charge in [0.15, 0.2) is 0 Å². The number of ether oxygens (including phenoxy) is 1. The second-order valence-corrected chi connectivity index (χ2v) is 3.00. The third kappa shape index (κ3) is 1.11. The summed E-state index contributed by atoms with van der Waals surface area (Å²) < 4.78 is 5.00. The van der Waals surface area contributed by atoms with E-state index in [9.17, 15) is 4.79 Å². The van der Waals surface area contributed by atoms with E-state index in [1.807, 2.05) is 0 Å². The van der Waals surface area contributed by atoms with Crippen molar-refractivity contribution in [2.24, 2.45) is 0 Å². The van der Waals surface area contributed by atoms with Crippen LogP contribution in [0.2, 0.25) is 0 Å². The second-order valence-electron chi connectivity index (χ2n) is 3.00. The highest BCUT2D eigenvalue weighted by Gasteiger charge is 2.22. The molecule has 1 aliphatic heterocycles. The van der Waals surface area contributed by atoms with Crippen molar-refractivity contribution in [3.8, 4) is 11.8 Å². The Morgan fingerprint density at radius 1 is 1.57 bits per heavy atom. The lowest BCUT2D eigenvalue weighted by Gasteiger charge is -2.03.